The predicted molar refractivity (Wildman–Crippen MR) is 102 cm³/mol. The topological polar surface area (TPSA) is 42.6 Å². The molecule has 1 aromatic heterocycles. The molecule has 3 heteroatoms. The van der Waals surface area contributed by atoms with E-state index in [0.29, 0.717) is 22.3 Å². The van der Waals surface area contributed by atoms with Crippen LogP contribution < -0.4 is 5.55 Å². The van der Waals surface area contributed by atoms with Crippen molar-refractivity contribution in [2.75, 3.05) is 0 Å². The quantitative estimate of drug-likeness (QED) is 0.481. The van der Waals surface area contributed by atoms with Gasteiger partial charge in [0.1, 0.15) is 5.58 Å². The van der Waals surface area contributed by atoms with Gasteiger partial charge in [-0.2, -0.15) is 0 Å². The van der Waals surface area contributed by atoms with Crippen LogP contribution in [0.2, 0.25) is 0 Å². The number of para-hydroxylation sites is 1. The third-order valence-corrected chi connectivity index (χ3v) is 4.20. The van der Waals surface area contributed by atoms with Gasteiger partial charge in [0.05, 0.1) is 11.3 Å². The predicted octanol–water partition coefficient (Wildman–Crippen LogP) is 5.20. The van der Waals surface area contributed by atoms with E-state index in [0.717, 1.165) is 16.6 Å². The van der Waals surface area contributed by atoms with E-state index in [1.165, 1.54) is 0 Å². The number of hydrogen-bond donors (Lipinski definition) is 0. The molecule has 126 valence electrons. The van der Waals surface area contributed by atoms with Crippen molar-refractivity contribution in [3.8, 4) is 0 Å². The van der Waals surface area contributed by atoms with Crippen LogP contribution in [0.5, 0.6) is 0 Å². The van der Waals surface area contributed by atoms with Crippen LogP contribution in [-0.2, 0) is 0 Å². The summed E-state index contributed by atoms with van der Waals surface area (Å²) in [6, 6.07) is 26.5. The second kappa shape index (κ2) is 6.81. The average Bonchev–Trinajstić information content (AvgIpc) is 2.69. The molecule has 0 spiro atoms. The van der Waals surface area contributed by atoms with Gasteiger partial charge < -0.3 is 4.42 Å². The molecule has 3 nitrogen and oxygen atoms in total. The number of rotatable bonds is 3. The fraction of sp³-hybridized carbons (Fsp3) is 0.0435. The molecule has 4 aromatic rings. The van der Waals surface area contributed by atoms with E-state index in [1.54, 1.807) is 12.1 Å². The fourth-order valence-electron chi connectivity index (χ4n) is 2.80. The summed E-state index contributed by atoms with van der Waals surface area (Å²) in [4.78, 5) is 17.6. The third-order valence-electron chi connectivity index (χ3n) is 4.20. The summed E-state index contributed by atoms with van der Waals surface area (Å²) in [6.07, 6.45) is 0. The van der Waals surface area contributed by atoms with Gasteiger partial charge in [0.15, 0.2) is 5.78 Å². The molecule has 0 aliphatic carbocycles. The first-order chi connectivity index (χ1) is 12.7. The zero-order chi connectivity index (χ0) is 17.9. The molecule has 0 radical (unpaired) electrons. The molecule has 0 N–H and O–H groups in total. The lowest BCUT2D eigenvalue weighted by molar-refractivity contribution is 0.103. The molecule has 1 heterocycles. The van der Waals surface area contributed by atoms with E-state index >= 15 is 0 Å². The first-order valence-electron chi connectivity index (χ1n) is 8.45. The summed E-state index contributed by atoms with van der Waals surface area (Å²) in [6.45, 7) is 2.02. The first kappa shape index (κ1) is 16.0. The summed E-state index contributed by atoms with van der Waals surface area (Å²) >= 11 is 0. The lowest BCUT2D eigenvalue weighted by atomic mass is 10.0. The number of aryl methyl sites for hydroxylation is 1. The molecule has 0 fully saturated rings. The van der Waals surface area contributed by atoms with Gasteiger partial charge in [-0.25, -0.2) is 4.99 Å². The first-order valence-corrected chi connectivity index (χ1v) is 8.45. The molecule has 0 saturated heterocycles. The molecular weight excluding hydrogens is 322 g/mol. The monoisotopic (exact) mass is 339 g/mol. The Hall–Kier alpha value is -3.46. The minimum absolute atomic E-state index is 0.106. The van der Waals surface area contributed by atoms with E-state index in [2.05, 4.69) is 4.99 Å². The highest BCUT2D eigenvalue weighted by Crippen LogP contribution is 2.17. The molecule has 0 aliphatic heterocycles. The Balaban J connectivity index is 1.95. The lowest BCUT2D eigenvalue weighted by Crippen LogP contribution is -2.16. The van der Waals surface area contributed by atoms with Crippen molar-refractivity contribution in [1.29, 1.82) is 0 Å². The molecule has 0 atom stereocenters. The van der Waals surface area contributed by atoms with Gasteiger partial charge in [-0.3, -0.25) is 4.79 Å². The average molecular weight is 339 g/mol. The van der Waals surface area contributed by atoms with E-state index in [9.17, 15) is 4.79 Å². The van der Waals surface area contributed by atoms with Crippen molar-refractivity contribution in [3.63, 3.8) is 0 Å². The summed E-state index contributed by atoms with van der Waals surface area (Å²) in [7, 11) is 0. The third kappa shape index (κ3) is 3.20. The Bertz CT molecular complexity index is 1140. The number of hydrogen-bond acceptors (Lipinski definition) is 3. The Kier molecular flexibility index (Phi) is 4.20. The standard InChI is InChI=1S/C23H17NO2/c1-16-11-13-19(14-12-16)24-23-20(22(25)17-7-3-2-4-8-17)15-18-9-5-6-10-21(18)26-23/h2-15H,1H3. The molecule has 4 rings (SSSR count). The number of carbonyl (C=O) groups excluding carboxylic acids is 1. The highest BCUT2D eigenvalue weighted by Gasteiger charge is 2.14. The van der Waals surface area contributed by atoms with Crippen LogP contribution in [0.25, 0.3) is 11.0 Å². The SMILES string of the molecule is Cc1ccc(N=c2oc3ccccc3cc2C(=O)c2ccccc2)cc1. The van der Waals surface area contributed by atoms with Crippen LogP contribution >= 0.6 is 0 Å². The second-order valence-corrected chi connectivity index (χ2v) is 6.15. The second-order valence-electron chi connectivity index (χ2n) is 6.15. The molecule has 0 unspecified atom stereocenters. The van der Waals surface area contributed by atoms with Gasteiger partial charge in [0, 0.05) is 10.9 Å². The molecular formula is C23H17NO2. The fourth-order valence-corrected chi connectivity index (χ4v) is 2.80. The molecule has 0 aliphatic rings. The number of benzene rings is 3. The van der Waals surface area contributed by atoms with Gasteiger partial charge in [-0.1, -0.05) is 66.2 Å². The van der Waals surface area contributed by atoms with E-state index in [-0.39, 0.29) is 5.78 Å². The van der Waals surface area contributed by atoms with Crippen LogP contribution in [-0.4, -0.2) is 5.78 Å². The van der Waals surface area contributed by atoms with Crippen LogP contribution in [0.4, 0.5) is 5.69 Å². The van der Waals surface area contributed by atoms with Gasteiger partial charge in [-0.15, -0.1) is 0 Å². The van der Waals surface area contributed by atoms with Crippen molar-refractivity contribution in [3.05, 3.63) is 107 Å². The van der Waals surface area contributed by atoms with Crippen LogP contribution in [0.3, 0.4) is 0 Å². The molecule has 26 heavy (non-hydrogen) atoms. The Morgan fingerprint density at radius 1 is 0.846 bits per heavy atom. The zero-order valence-corrected chi connectivity index (χ0v) is 14.3. The zero-order valence-electron chi connectivity index (χ0n) is 14.3. The molecule has 0 saturated carbocycles. The summed E-state index contributed by atoms with van der Waals surface area (Å²) < 4.78 is 5.98. The summed E-state index contributed by atoms with van der Waals surface area (Å²) in [5.74, 6) is -0.106. The minimum atomic E-state index is -0.106. The number of ketones is 1. The van der Waals surface area contributed by atoms with Crippen LogP contribution in [0.15, 0.2) is 94.3 Å². The van der Waals surface area contributed by atoms with Crippen LogP contribution in [0.1, 0.15) is 21.5 Å². The van der Waals surface area contributed by atoms with Crippen molar-refractivity contribution < 1.29 is 9.21 Å². The number of nitrogens with zero attached hydrogens (tertiary/aromatic N) is 1. The highest BCUT2D eigenvalue weighted by atomic mass is 16.3. The maximum absolute atomic E-state index is 13.0. The normalized spacial score (nSPS) is 11.7. The lowest BCUT2D eigenvalue weighted by Gasteiger charge is -2.05. The number of fused-ring (bicyclic) bond motifs is 1. The summed E-state index contributed by atoms with van der Waals surface area (Å²) in [5, 5.41) is 0.870. The largest absolute Gasteiger partial charge is 0.438 e. The maximum atomic E-state index is 13.0. The number of carbonyl (C=O) groups is 1. The highest BCUT2D eigenvalue weighted by molar-refractivity contribution is 6.09. The van der Waals surface area contributed by atoms with E-state index in [4.69, 9.17) is 4.42 Å². The molecule has 0 amide bonds. The Labute approximate surface area is 151 Å². The Morgan fingerprint density at radius 2 is 1.54 bits per heavy atom. The van der Waals surface area contributed by atoms with Crippen molar-refractivity contribution in [2.45, 2.75) is 6.92 Å². The van der Waals surface area contributed by atoms with Gasteiger partial charge in [0.25, 0.3) is 0 Å². The summed E-state index contributed by atoms with van der Waals surface area (Å²) in [5.41, 5.74) is 3.98. The minimum Gasteiger partial charge on any atom is -0.438 e. The van der Waals surface area contributed by atoms with E-state index in [1.807, 2.05) is 79.7 Å². The van der Waals surface area contributed by atoms with Crippen molar-refractivity contribution in [2.24, 2.45) is 4.99 Å². The van der Waals surface area contributed by atoms with Crippen LogP contribution in [0, 0.1) is 6.92 Å². The molecule has 0 bridgehead atoms. The van der Waals surface area contributed by atoms with Crippen molar-refractivity contribution in [1.82, 2.24) is 0 Å². The van der Waals surface area contributed by atoms with Crippen molar-refractivity contribution >= 4 is 22.4 Å². The van der Waals surface area contributed by atoms with Gasteiger partial charge >= 0.3 is 0 Å². The van der Waals surface area contributed by atoms with Gasteiger partial charge in [-0.05, 0) is 31.2 Å². The van der Waals surface area contributed by atoms with E-state index < -0.39 is 0 Å². The van der Waals surface area contributed by atoms with Gasteiger partial charge in [0.2, 0.25) is 5.55 Å². The Morgan fingerprint density at radius 3 is 2.31 bits per heavy atom. The smallest absolute Gasteiger partial charge is 0.231 e. The maximum Gasteiger partial charge on any atom is 0.231 e. The molecule has 3 aromatic carbocycles.